The number of nitrogens with one attached hydrogen (secondary N) is 1. The van der Waals surface area contributed by atoms with E-state index in [0.29, 0.717) is 18.9 Å². The fourth-order valence-corrected chi connectivity index (χ4v) is 2.20. The van der Waals surface area contributed by atoms with Crippen LogP contribution < -0.4 is 10.1 Å². The topological polar surface area (TPSA) is 60.7 Å². The molecule has 5 nitrogen and oxygen atoms in total. The number of carbonyl (C=O) groups is 1. The Morgan fingerprint density at radius 3 is 2.92 bits per heavy atom. The van der Waals surface area contributed by atoms with Gasteiger partial charge in [-0.3, -0.25) is 4.79 Å². The maximum Gasteiger partial charge on any atom is 0.286 e. The molecule has 0 spiro atoms. The predicted octanol–water partition coefficient (Wildman–Crippen LogP) is 3.35. The van der Waals surface area contributed by atoms with Crippen LogP contribution in [-0.4, -0.2) is 26.2 Å². The summed E-state index contributed by atoms with van der Waals surface area (Å²) in [5, 5.41) is 2.78. The van der Waals surface area contributed by atoms with Crippen LogP contribution in [0.4, 0.5) is 0 Å². The molecule has 0 radical (unpaired) electrons. The fourth-order valence-electron chi connectivity index (χ4n) is 2.20. The quantitative estimate of drug-likeness (QED) is 0.536. The number of hydrogen-bond acceptors (Lipinski definition) is 4. The first-order valence-corrected chi connectivity index (χ1v) is 7.92. The summed E-state index contributed by atoms with van der Waals surface area (Å²) >= 11 is 0. The van der Waals surface area contributed by atoms with Gasteiger partial charge in [0.25, 0.3) is 5.91 Å². The van der Waals surface area contributed by atoms with Crippen LogP contribution >= 0.6 is 0 Å². The molecule has 2 rings (SSSR count). The number of para-hydroxylation sites is 1. The predicted molar refractivity (Wildman–Crippen MR) is 92.2 cm³/mol. The molecule has 0 saturated carbocycles. The summed E-state index contributed by atoms with van der Waals surface area (Å²) in [6.07, 6.45) is 3.34. The minimum atomic E-state index is -0.232. The Balaban J connectivity index is 1.87. The summed E-state index contributed by atoms with van der Waals surface area (Å²) in [6, 6.07) is 11.2. The molecule has 1 aromatic carbocycles. The summed E-state index contributed by atoms with van der Waals surface area (Å²) in [6.45, 7) is 5.18. The number of furan rings is 1. The average molecular weight is 329 g/mol. The second-order valence-corrected chi connectivity index (χ2v) is 5.26. The highest BCUT2D eigenvalue weighted by molar-refractivity contribution is 5.91. The number of ether oxygens (including phenoxy) is 2. The van der Waals surface area contributed by atoms with Crippen LogP contribution in [0.25, 0.3) is 0 Å². The molecule has 0 unspecified atom stereocenters. The van der Waals surface area contributed by atoms with Crippen LogP contribution in [-0.2, 0) is 17.8 Å². The van der Waals surface area contributed by atoms with Crippen molar-refractivity contribution in [3.63, 3.8) is 0 Å². The van der Waals surface area contributed by atoms with Gasteiger partial charge in [0.1, 0.15) is 18.1 Å². The molecule has 0 saturated heterocycles. The van der Waals surface area contributed by atoms with Crippen molar-refractivity contribution in [2.24, 2.45) is 0 Å². The van der Waals surface area contributed by atoms with E-state index in [1.165, 1.54) is 0 Å². The molecule has 0 bridgehead atoms. The standard InChI is InChI=1S/C19H23NO4/c1-3-7-15-8-4-5-9-17(15)23-14-16-10-11-18(24-16)19(21)20-12-6-13-22-2/h3-5,8-11H,1,6-7,12-14H2,2H3,(H,20,21). The molecule has 1 aromatic heterocycles. The smallest absolute Gasteiger partial charge is 0.286 e. The molecule has 0 aliphatic carbocycles. The average Bonchev–Trinajstić information content (AvgIpc) is 3.07. The number of methoxy groups -OCH3 is 1. The lowest BCUT2D eigenvalue weighted by Crippen LogP contribution is -2.24. The molecule has 24 heavy (non-hydrogen) atoms. The molecule has 1 N–H and O–H groups in total. The Kier molecular flexibility index (Phi) is 7.11. The summed E-state index contributed by atoms with van der Waals surface area (Å²) in [5.74, 6) is 1.44. The molecular weight excluding hydrogens is 306 g/mol. The third-order valence-electron chi connectivity index (χ3n) is 3.40. The van der Waals surface area contributed by atoms with Crippen molar-refractivity contribution in [1.29, 1.82) is 0 Å². The first-order valence-electron chi connectivity index (χ1n) is 7.92. The van der Waals surface area contributed by atoms with Gasteiger partial charge in [0.15, 0.2) is 5.76 Å². The molecule has 1 heterocycles. The third-order valence-corrected chi connectivity index (χ3v) is 3.40. The van der Waals surface area contributed by atoms with E-state index in [2.05, 4.69) is 11.9 Å². The molecule has 5 heteroatoms. The van der Waals surface area contributed by atoms with Gasteiger partial charge < -0.3 is 19.2 Å². The zero-order chi connectivity index (χ0) is 17.2. The first kappa shape index (κ1) is 17.8. The van der Waals surface area contributed by atoms with Crippen molar-refractivity contribution < 1.29 is 18.7 Å². The van der Waals surface area contributed by atoms with Crippen molar-refractivity contribution in [3.05, 3.63) is 66.1 Å². The van der Waals surface area contributed by atoms with E-state index < -0.39 is 0 Å². The van der Waals surface area contributed by atoms with Crippen LogP contribution in [0, 0.1) is 0 Å². The SMILES string of the molecule is C=CCc1ccccc1OCc1ccc(C(=O)NCCCOC)o1. The Morgan fingerprint density at radius 1 is 1.29 bits per heavy atom. The minimum absolute atomic E-state index is 0.232. The monoisotopic (exact) mass is 329 g/mol. The summed E-state index contributed by atoms with van der Waals surface area (Å²) in [5.41, 5.74) is 1.06. The fraction of sp³-hybridized carbons (Fsp3) is 0.316. The van der Waals surface area contributed by atoms with Crippen molar-refractivity contribution >= 4 is 5.91 Å². The van der Waals surface area contributed by atoms with Crippen molar-refractivity contribution in [2.75, 3.05) is 20.3 Å². The highest BCUT2D eigenvalue weighted by Crippen LogP contribution is 2.20. The van der Waals surface area contributed by atoms with Gasteiger partial charge in [-0.25, -0.2) is 0 Å². The number of allylic oxidation sites excluding steroid dienone is 1. The van der Waals surface area contributed by atoms with Crippen molar-refractivity contribution in [1.82, 2.24) is 5.32 Å². The lowest BCUT2D eigenvalue weighted by Gasteiger charge is -2.09. The molecule has 2 aromatic rings. The van der Waals surface area contributed by atoms with Gasteiger partial charge in [-0.15, -0.1) is 6.58 Å². The highest BCUT2D eigenvalue weighted by Gasteiger charge is 2.11. The lowest BCUT2D eigenvalue weighted by atomic mass is 10.1. The van der Waals surface area contributed by atoms with Gasteiger partial charge >= 0.3 is 0 Å². The summed E-state index contributed by atoms with van der Waals surface area (Å²) in [7, 11) is 1.63. The van der Waals surface area contributed by atoms with E-state index >= 15 is 0 Å². The summed E-state index contributed by atoms with van der Waals surface area (Å²) < 4.78 is 16.3. The molecule has 128 valence electrons. The van der Waals surface area contributed by atoms with E-state index in [4.69, 9.17) is 13.9 Å². The Morgan fingerprint density at radius 2 is 2.12 bits per heavy atom. The van der Waals surface area contributed by atoms with Gasteiger partial charge in [-0.05, 0) is 36.6 Å². The normalized spacial score (nSPS) is 10.4. The molecule has 1 amide bonds. The van der Waals surface area contributed by atoms with Crippen LogP contribution in [0.2, 0.25) is 0 Å². The van der Waals surface area contributed by atoms with E-state index in [-0.39, 0.29) is 18.3 Å². The van der Waals surface area contributed by atoms with E-state index in [0.717, 1.165) is 24.2 Å². The Bertz CT molecular complexity index is 663. The number of hydrogen-bond donors (Lipinski definition) is 1. The van der Waals surface area contributed by atoms with Crippen LogP contribution in [0.15, 0.2) is 53.5 Å². The minimum Gasteiger partial charge on any atom is -0.485 e. The second kappa shape index (κ2) is 9.57. The van der Waals surface area contributed by atoms with Gasteiger partial charge in [-0.1, -0.05) is 24.3 Å². The number of benzene rings is 1. The molecule has 0 aliphatic rings. The first-order chi connectivity index (χ1) is 11.7. The van der Waals surface area contributed by atoms with Crippen LogP contribution in [0.1, 0.15) is 28.3 Å². The van der Waals surface area contributed by atoms with Gasteiger partial charge in [0.2, 0.25) is 0 Å². The van der Waals surface area contributed by atoms with Crippen molar-refractivity contribution in [3.8, 4) is 5.75 Å². The van der Waals surface area contributed by atoms with Crippen LogP contribution in [0.5, 0.6) is 5.75 Å². The lowest BCUT2D eigenvalue weighted by molar-refractivity contribution is 0.0917. The third kappa shape index (κ3) is 5.28. The van der Waals surface area contributed by atoms with E-state index in [1.54, 1.807) is 19.2 Å². The van der Waals surface area contributed by atoms with Crippen LogP contribution in [0.3, 0.4) is 0 Å². The van der Waals surface area contributed by atoms with Gasteiger partial charge in [0, 0.05) is 20.3 Å². The maximum absolute atomic E-state index is 11.9. The Labute approximate surface area is 142 Å². The molecule has 0 fully saturated rings. The molecular formula is C19H23NO4. The molecule has 0 atom stereocenters. The number of carbonyl (C=O) groups excluding carboxylic acids is 1. The zero-order valence-corrected chi connectivity index (χ0v) is 13.9. The second-order valence-electron chi connectivity index (χ2n) is 5.26. The maximum atomic E-state index is 11.9. The zero-order valence-electron chi connectivity index (χ0n) is 13.9. The largest absolute Gasteiger partial charge is 0.485 e. The van der Waals surface area contributed by atoms with Gasteiger partial charge in [0.05, 0.1) is 0 Å². The van der Waals surface area contributed by atoms with Gasteiger partial charge in [-0.2, -0.15) is 0 Å². The number of rotatable bonds is 10. The summed E-state index contributed by atoms with van der Waals surface area (Å²) in [4.78, 5) is 11.9. The van der Waals surface area contributed by atoms with Crippen molar-refractivity contribution in [2.45, 2.75) is 19.4 Å². The number of amides is 1. The molecule has 0 aliphatic heterocycles. The van der Waals surface area contributed by atoms with E-state index in [1.807, 2.05) is 30.3 Å². The Hall–Kier alpha value is -2.53. The van der Waals surface area contributed by atoms with E-state index in [9.17, 15) is 4.79 Å². The highest BCUT2D eigenvalue weighted by atomic mass is 16.5.